The number of nitrogens with zero attached hydrogens (tertiary/aromatic N) is 1. The zero-order chi connectivity index (χ0) is 19.1. The summed E-state index contributed by atoms with van der Waals surface area (Å²) in [5.41, 5.74) is 2.26. The van der Waals surface area contributed by atoms with Crippen LogP contribution < -0.4 is 15.5 Å². The van der Waals surface area contributed by atoms with E-state index in [9.17, 15) is 18.4 Å². The van der Waals surface area contributed by atoms with E-state index in [2.05, 4.69) is 10.6 Å². The standard InChI is InChI=1S/C19H21F2N3O2/c1-24(2)15-8-5-13(6-9-15)4-3-11-22-18(25)19(26)23-14-7-10-16(20)17(21)12-14/h5-10,12H,3-4,11H2,1-2H3,(H,22,25)(H,23,26). The summed E-state index contributed by atoms with van der Waals surface area (Å²) >= 11 is 0. The predicted octanol–water partition coefficient (Wildman–Crippen LogP) is 2.72. The fourth-order valence-corrected chi connectivity index (χ4v) is 2.30. The molecule has 26 heavy (non-hydrogen) atoms. The average molecular weight is 361 g/mol. The lowest BCUT2D eigenvalue weighted by molar-refractivity contribution is -0.136. The molecule has 0 unspecified atom stereocenters. The van der Waals surface area contributed by atoms with Gasteiger partial charge in [-0.15, -0.1) is 0 Å². The fourth-order valence-electron chi connectivity index (χ4n) is 2.30. The van der Waals surface area contributed by atoms with E-state index >= 15 is 0 Å². The van der Waals surface area contributed by atoms with Crippen LogP contribution in [0.5, 0.6) is 0 Å². The molecular weight excluding hydrogens is 340 g/mol. The molecule has 0 fully saturated rings. The lowest BCUT2D eigenvalue weighted by Gasteiger charge is -2.12. The van der Waals surface area contributed by atoms with Gasteiger partial charge in [-0.2, -0.15) is 0 Å². The molecule has 0 radical (unpaired) electrons. The normalized spacial score (nSPS) is 10.3. The van der Waals surface area contributed by atoms with Crippen molar-refractivity contribution in [2.45, 2.75) is 12.8 Å². The Kier molecular flexibility index (Phi) is 6.66. The summed E-state index contributed by atoms with van der Waals surface area (Å²) < 4.78 is 25.9. The number of carbonyl (C=O) groups excluding carboxylic acids is 2. The number of hydrogen-bond donors (Lipinski definition) is 2. The van der Waals surface area contributed by atoms with Gasteiger partial charge in [0.1, 0.15) is 0 Å². The van der Waals surface area contributed by atoms with E-state index in [1.54, 1.807) is 0 Å². The third-order valence-electron chi connectivity index (χ3n) is 3.76. The summed E-state index contributed by atoms with van der Waals surface area (Å²) in [6.45, 7) is 0.333. The maximum Gasteiger partial charge on any atom is 0.313 e. The smallest absolute Gasteiger partial charge is 0.313 e. The number of carbonyl (C=O) groups is 2. The van der Waals surface area contributed by atoms with Crippen LogP contribution in [-0.2, 0) is 16.0 Å². The van der Waals surface area contributed by atoms with E-state index in [1.807, 2.05) is 43.3 Å². The Hall–Kier alpha value is -2.96. The van der Waals surface area contributed by atoms with Crippen molar-refractivity contribution in [3.8, 4) is 0 Å². The Labute approximate surface area is 151 Å². The Morgan fingerprint density at radius 2 is 1.65 bits per heavy atom. The molecule has 2 amide bonds. The van der Waals surface area contributed by atoms with E-state index in [0.717, 1.165) is 29.8 Å². The number of nitrogens with one attached hydrogen (secondary N) is 2. The quantitative estimate of drug-likeness (QED) is 0.614. The zero-order valence-electron chi connectivity index (χ0n) is 14.7. The molecule has 0 bridgehead atoms. The van der Waals surface area contributed by atoms with Crippen LogP contribution >= 0.6 is 0 Å². The van der Waals surface area contributed by atoms with Crippen LogP contribution in [0, 0.1) is 11.6 Å². The number of benzene rings is 2. The average Bonchev–Trinajstić information content (AvgIpc) is 2.62. The molecule has 2 rings (SSSR count). The van der Waals surface area contributed by atoms with Crippen molar-refractivity contribution in [1.82, 2.24) is 5.32 Å². The van der Waals surface area contributed by atoms with Crippen LogP contribution in [0.2, 0.25) is 0 Å². The lowest BCUT2D eigenvalue weighted by Crippen LogP contribution is -2.36. The summed E-state index contributed by atoms with van der Waals surface area (Å²) in [7, 11) is 3.94. The topological polar surface area (TPSA) is 61.4 Å². The van der Waals surface area contributed by atoms with Crippen molar-refractivity contribution in [3.63, 3.8) is 0 Å². The minimum atomic E-state index is -1.09. The molecule has 0 aliphatic heterocycles. The summed E-state index contributed by atoms with van der Waals surface area (Å²) in [6.07, 6.45) is 1.43. The second-order valence-electron chi connectivity index (χ2n) is 6.00. The van der Waals surface area contributed by atoms with E-state index in [-0.39, 0.29) is 5.69 Å². The molecule has 2 N–H and O–H groups in total. The highest BCUT2D eigenvalue weighted by Crippen LogP contribution is 2.14. The first-order chi connectivity index (χ1) is 12.4. The van der Waals surface area contributed by atoms with E-state index in [4.69, 9.17) is 0 Å². The first kappa shape index (κ1) is 19.4. The zero-order valence-corrected chi connectivity index (χ0v) is 14.7. The van der Waals surface area contributed by atoms with Gasteiger partial charge in [-0.1, -0.05) is 12.1 Å². The molecule has 0 saturated heterocycles. The van der Waals surface area contributed by atoms with Gasteiger partial charge in [0.15, 0.2) is 11.6 Å². The highest BCUT2D eigenvalue weighted by atomic mass is 19.2. The van der Waals surface area contributed by atoms with Gasteiger partial charge < -0.3 is 15.5 Å². The fraction of sp³-hybridized carbons (Fsp3) is 0.263. The van der Waals surface area contributed by atoms with Crippen LogP contribution in [0.4, 0.5) is 20.2 Å². The van der Waals surface area contributed by atoms with Crippen LogP contribution in [0.3, 0.4) is 0 Å². The summed E-state index contributed by atoms with van der Waals surface area (Å²) in [5.74, 6) is -3.86. The van der Waals surface area contributed by atoms with Gasteiger partial charge in [0.25, 0.3) is 0 Å². The third kappa shape index (κ3) is 5.54. The minimum Gasteiger partial charge on any atom is -0.378 e. The molecular formula is C19H21F2N3O2. The maximum atomic E-state index is 13.1. The molecule has 0 spiro atoms. The van der Waals surface area contributed by atoms with Gasteiger partial charge in [-0.05, 0) is 42.7 Å². The number of rotatable bonds is 6. The Balaban J connectivity index is 1.73. The van der Waals surface area contributed by atoms with Crippen LogP contribution in [0.1, 0.15) is 12.0 Å². The van der Waals surface area contributed by atoms with Crippen molar-refractivity contribution < 1.29 is 18.4 Å². The molecule has 0 aliphatic carbocycles. The van der Waals surface area contributed by atoms with Crippen molar-refractivity contribution in [2.24, 2.45) is 0 Å². The largest absolute Gasteiger partial charge is 0.378 e. The lowest BCUT2D eigenvalue weighted by atomic mass is 10.1. The monoisotopic (exact) mass is 361 g/mol. The third-order valence-corrected chi connectivity index (χ3v) is 3.76. The number of anilines is 2. The Morgan fingerprint density at radius 1 is 0.962 bits per heavy atom. The highest BCUT2D eigenvalue weighted by molar-refractivity contribution is 6.39. The predicted molar refractivity (Wildman–Crippen MR) is 97.1 cm³/mol. The van der Waals surface area contributed by atoms with E-state index < -0.39 is 23.4 Å². The molecule has 0 heterocycles. The molecule has 0 aromatic heterocycles. The maximum absolute atomic E-state index is 13.1. The van der Waals surface area contributed by atoms with Crippen molar-refractivity contribution >= 4 is 23.2 Å². The number of amides is 2. The number of halogens is 2. The molecule has 0 saturated carbocycles. The second-order valence-corrected chi connectivity index (χ2v) is 6.00. The van der Waals surface area contributed by atoms with Crippen LogP contribution in [-0.4, -0.2) is 32.5 Å². The van der Waals surface area contributed by atoms with Gasteiger partial charge in [-0.3, -0.25) is 9.59 Å². The number of hydrogen-bond acceptors (Lipinski definition) is 3. The molecule has 5 nitrogen and oxygen atoms in total. The van der Waals surface area contributed by atoms with Crippen molar-refractivity contribution in [3.05, 3.63) is 59.7 Å². The van der Waals surface area contributed by atoms with Gasteiger partial charge >= 0.3 is 11.8 Å². The minimum absolute atomic E-state index is 0.0185. The summed E-state index contributed by atoms with van der Waals surface area (Å²) in [4.78, 5) is 25.5. The Bertz CT molecular complexity index is 777. The number of aryl methyl sites for hydroxylation is 1. The van der Waals surface area contributed by atoms with Gasteiger partial charge in [0, 0.05) is 38.1 Å². The van der Waals surface area contributed by atoms with E-state index in [0.29, 0.717) is 13.0 Å². The molecule has 7 heteroatoms. The van der Waals surface area contributed by atoms with Crippen molar-refractivity contribution in [1.29, 1.82) is 0 Å². The van der Waals surface area contributed by atoms with E-state index in [1.165, 1.54) is 6.07 Å². The second kappa shape index (κ2) is 8.94. The van der Waals surface area contributed by atoms with Gasteiger partial charge in [0.05, 0.1) is 0 Å². The van der Waals surface area contributed by atoms with Crippen LogP contribution in [0.15, 0.2) is 42.5 Å². The van der Waals surface area contributed by atoms with Gasteiger partial charge in [0.2, 0.25) is 0 Å². The summed E-state index contributed by atoms with van der Waals surface area (Å²) in [6, 6.07) is 11.0. The van der Waals surface area contributed by atoms with Crippen molar-refractivity contribution in [2.75, 3.05) is 30.9 Å². The molecule has 138 valence electrons. The van der Waals surface area contributed by atoms with Crippen LogP contribution in [0.25, 0.3) is 0 Å². The first-order valence-corrected chi connectivity index (χ1v) is 8.17. The molecule has 2 aromatic carbocycles. The highest BCUT2D eigenvalue weighted by Gasteiger charge is 2.14. The summed E-state index contributed by atoms with van der Waals surface area (Å²) in [5, 5.41) is 4.72. The molecule has 2 aromatic rings. The Morgan fingerprint density at radius 3 is 2.27 bits per heavy atom. The first-order valence-electron chi connectivity index (χ1n) is 8.17. The SMILES string of the molecule is CN(C)c1ccc(CCCNC(=O)C(=O)Nc2ccc(F)c(F)c2)cc1. The van der Waals surface area contributed by atoms with Gasteiger partial charge in [-0.25, -0.2) is 8.78 Å². The molecule has 0 atom stereocenters. The molecule has 0 aliphatic rings.